The van der Waals surface area contributed by atoms with Gasteiger partial charge in [0, 0.05) is 26.2 Å². The van der Waals surface area contributed by atoms with Gasteiger partial charge in [0.2, 0.25) is 5.95 Å². The molecule has 2 aromatic rings. The molecule has 1 saturated heterocycles. The van der Waals surface area contributed by atoms with Crippen LogP contribution in [-0.2, 0) is 7.05 Å². The molecular formula is C12H19N7. The van der Waals surface area contributed by atoms with Crippen LogP contribution in [0.2, 0.25) is 0 Å². The van der Waals surface area contributed by atoms with Crippen molar-refractivity contribution < 1.29 is 0 Å². The standard InChI is InChI=1S/C12H19N7/c1-3-19-5-4-8(7-19)15-12-16-10(13)9-6-14-18(2)11(9)17-12/h6,8H,3-5,7H2,1-2H3,(H3,13,15,16,17). The Bertz CT molecular complexity index is 591. The molecule has 1 fully saturated rings. The maximum Gasteiger partial charge on any atom is 0.226 e. The molecule has 0 aliphatic carbocycles. The highest BCUT2D eigenvalue weighted by Gasteiger charge is 2.22. The molecule has 102 valence electrons. The highest BCUT2D eigenvalue weighted by molar-refractivity contribution is 5.86. The normalized spacial score (nSPS) is 20.2. The lowest BCUT2D eigenvalue weighted by molar-refractivity contribution is 0.355. The molecule has 0 bridgehead atoms. The van der Waals surface area contributed by atoms with Crippen molar-refractivity contribution in [3.05, 3.63) is 6.20 Å². The minimum Gasteiger partial charge on any atom is -0.383 e. The molecular weight excluding hydrogens is 242 g/mol. The van der Waals surface area contributed by atoms with Crippen LogP contribution in [0.3, 0.4) is 0 Å². The summed E-state index contributed by atoms with van der Waals surface area (Å²) < 4.78 is 1.71. The number of aromatic nitrogens is 4. The van der Waals surface area contributed by atoms with E-state index in [-0.39, 0.29) is 0 Å². The van der Waals surface area contributed by atoms with E-state index in [2.05, 4.69) is 32.2 Å². The molecule has 1 unspecified atom stereocenters. The van der Waals surface area contributed by atoms with E-state index >= 15 is 0 Å². The zero-order valence-corrected chi connectivity index (χ0v) is 11.3. The lowest BCUT2D eigenvalue weighted by Crippen LogP contribution is -2.26. The van der Waals surface area contributed by atoms with Crippen molar-refractivity contribution in [2.24, 2.45) is 7.05 Å². The van der Waals surface area contributed by atoms with E-state index in [9.17, 15) is 0 Å². The quantitative estimate of drug-likeness (QED) is 0.834. The van der Waals surface area contributed by atoms with Crippen molar-refractivity contribution in [2.75, 3.05) is 30.7 Å². The number of hydrogen-bond acceptors (Lipinski definition) is 6. The third kappa shape index (κ3) is 2.21. The van der Waals surface area contributed by atoms with Crippen LogP contribution in [0.1, 0.15) is 13.3 Å². The fraction of sp³-hybridized carbons (Fsp3) is 0.583. The molecule has 2 aromatic heterocycles. The summed E-state index contributed by atoms with van der Waals surface area (Å²) in [6.45, 7) is 5.42. The summed E-state index contributed by atoms with van der Waals surface area (Å²) in [7, 11) is 1.85. The van der Waals surface area contributed by atoms with E-state index < -0.39 is 0 Å². The molecule has 0 radical (unpaired) electrons. The van der Waals surface area contributed by atoms with Gasteiger partial charge in [-0.2, -0.15) is 15.1 Å². The van der Waals surface area contributed by atoms with Crippen LogP contribution in [0.4, 0.5) is 11.8 Å². The number of nitrogens with two attached hydrogens (primary N) is 1. The molecule has 7 nitrogen and oxygen atoms in total. The number of anilines is 2. The van der Waals surface area contributed by atoms with Crippen molar-refractivity contribution in [3.8, 4) is 0 Å². The Labute approximate surface area is 111 Å². The van der Waals surface area contributed by atoms with Gasteiger partial charge in [0.05, 0.1) is 11.6 Å². The van der Waals surface area contributed by atoms with Crippen LogP contribution in [0.25, 0.3) is 11.0 Å². The summed E-state index contributed by atoms with van der Waals surface area (Å²) >= 11 is 0. The van der Waals surface area contributed by atoms with Gasteiger partial charge in [-0.3, -0.25) is 4.68 Å². The number of likely N-dealkylation sites (N-methyl/N-ethyl adjacent to an activating group) is 1. The second kappa shape index (κ2) is 4.65. The van der Waals surface area contributed by atoms with Crippen LogP contribution >= 0.6 is 0 Å². The molecule has 3 rings (SSSR count). The summed E-state index contributed by atoms with van der Waals surface area (Å²) in [5, 5.41) is 8.32. The minimum absolute atomic E-state index is 0.394. The Hall–Kier alpha value is -1.89. The monoisotopic (exact) mass is 261 g/mol. The maximum atomic E-state index is 5.94. The van der Waals surface area contributed by atoms with E-state index in [1.165, 1.54) is 0 Å². The fourth-order valence-electron chi connectivity index (χ4n) is 2.53. The Balaban J connectivity index is 1.83. The number of likely N-dealkylation sites (tertiary alicyclic amines) is 1. The van der Waals surface area contributed by atoms with Gasteiger partial charge in [-0.1, -0.05) is 6.92 Å². The highest BCUT2D eigenvalue weighted by Crippen LogP contribution is 2.20. The summed E-state index contributed by atoms with van der Waals surface area (Å²) in [5.41, 5.74) is 6.71. The van der Waals surface area contributed by atoms with Crippen molar-refractivity contribution in [1.29, 1.82) is 0 Å². The topological polar surface area (TPSA) is 84.9 Å². The Morgan fingerprint density at radius 2 is 2.32 bits per heavy atom. The zero-order chi connectivity index (χ0) is 13.4. The van der Waals surface area contributed by atoms with E-state index in [0.29, 0.717) is 17.8 Å². The van der Waals surface area contributed by atoms with Gasteiger partial charge >= 0.3 is 0 Å². The van der Waals surface area contributed by atoms with Crippen molar-refractivity contribution in [2.45, 2.75) is 19.4 Å². The van der Waals surface area contributed by atoms with Gasteiger partial charge in [0.1, 0.15) is 5.82 Å². The molecule has 7 heteroatoms. The van der Waals surface area contributed by atoms with E-state index in [0.717, 1.165) is 37.1 Å². The van der Waals surface area contributed by atoms with Crippen LogP contribution in [0, 0.1) is 0 Å². The average Bonchev–Trinajstić information content (AvgIpc) is 2.98. The molecule has 19 heavy (non-hydrogen) atoms. The summed E-state index contributed by atoms with van der Waals surface area (Å²) in [4.78, 5) is 11.2. The first-order chi connectivity index (χ1) is 9.17. The summed E-state index contributed by atoms with van der Waals surface area (Å²) in [5.74, 6) is 1.07. The van der Waals surface area contributed by atoms with Crippen LogP contribution in [0.15, 0.2) is 6.20 Å². The van der Waals surface area contributed by atoms with Crippen LogP contribution < -0.4 is 11.1 Å². The first-order valence-electron chi connectivity index (χ1n) is 6.61. The minimum atomic E-state index is 0.394. The lowest BCUT2D eigenvalue weighted by Gasteiger charge is -2.14. The van der Waals surface area contributed by atoms with Crippen molar-refractivity contribution >= 4 is 22.8 Å². The van der Waals surface area contributed by atoms with Gasteiger partial charge < -0.3 is 16.0 Å². The average molecular weight is 261 g/mol. The van der Waals surface area contributed by atoms with E-state index in [1.54, 1.807) is 10.9 Å². The van der Waals surface area contributed by atoms with E-state index in [4.69, 9.17) is 5.73 Å². The summed E-state index contributed by atoms with van der Waals surface area (Å²) in [6.07, 6.45) is 2.81. The second-order valence-corrected chi connectivity index (χ2v) is 4.96. The number of fused-ring (bicyclic) bond motifs is 1. The predicted octanol–water partition coefficient (Wildman–Crippen LogP) is 0.452. The molecule has 0 amide bonds. The number of nitrogens with zero attached hydrogens (tertiary/aromatic N) is 5. The fourth-order valence-corrected chi connectivity index (χ4v) is 2.53. The summed E-state index contributed by atoms with van der Waals surface area (Å²) in [6, 6.07) is 0.394. The molecule has 3 N–H and O–H groups in total. The smallest absolute Gasteiger partial charge is 0.226 e. The van der Waals surface area contributed by atoms with Gasteiger partial charge in [-0.15, -0.1) is 0 Å². The zero-order valence-electron chi connectivity index (χ0n) is 11.3. The van der Waals surface area contributed by atoms with Crippen molar-refractivity contribution in [3.63, 3.8) is 0 Å². The molecule has 0 saturated carbocycles. The SMILES string of the molecule is CCN1CCC(Nc2nc(N)c3cnn(C)c3n2)C1. The Morgan fingerprint density at radius 3 is 3.05 bits per heavy atom. The van der Waals surface area contributed by atoms with Gasteiger partial charge in [-0.05, 0) is 13.0 Å². The number of hydrogen-bond donors (Lipinski definition) is 2. The molecule has 1 aliphatic heterocycles. The first-order valence-corrected chi connectivity index (χ1v) is 6.61. The first kappa shape index (κ1) is 12.2. The largest absolute Gasteiger partial charge is 0.383 e. The highest BCUT2D eigenvalue weighted by atomic mass is 15.3. The third-order valence-electron chi connectivity index (χ3n) is 3.67. The third-order valence-corrected chi connectivity index (χ3v) is 3.67. The number of nitrogens with one attached hydrogen (secondary N) is 1. The van der Waals surface area contributed by atoms with Crippen molar-refractivity contribution in [1.82, 2.24) is 24.6 Å². The van der Waals surface area contributed by atoms with Crippen LogP contribution in [0.5, 0.6) is 0 Å². The number of rotatable bonds is 3. The number of aryl methyl sites for hydroxylation is 1. The molecule has 3 heterocycles. The van der Waals surface area contributed by atoms with Gasteiger partial charge in [0.15, 0.2) is 5.65 Å². The van der Waals surface area contributed by atoms with Gasteiger partial charge in [0.25, 0.3) is 0 Å². The number of nitrogen functional groups attached to an aromatic ring is 1. The van der Waals surface area contributed by atoms with Gasteiger partial charge in [-0.25, -0.2) is 0 Å². The predicted molar refractivity (Wildman–Crippen MR) is 74.9 cm³/mol. The molecule has 1 aliphatic rings. The Kier molecular flexibility index (Phi) is 2.98. The lowest BCUT2D eigenvalue weighted by atomic mass is 10.3. The maximum absolute atomic E-state index is 5.94. The molecule has 1 atom stereocenters. The van der Waals surface area contributed by atoms with Crippen LogP contribution in [-0.4, -0.2) is 50.3 Å². The molecule has 0 spiro atoms. The Morgan fingerprint density at radius 1 is 1.47 bits per heavy atom. The molecule has 0 aromatic carbocycles. The second-order valence-electron chi connectivity index (χ2n) is 4.96. The van der Waals surface area contributed by atoms with E-state index in [1.807, 2.05) is 7.05 Å².